The fourth-order valence-corrected chi connectivity index (χ4v) is 4.22. The summed E-state index contributed by atoms with van der Waals surface area (Å²) in [5.41, 5.74) is 4.70. The van der Waals surface area contributed by atoms with Crippen molar-refractivity contribution in [1.82, 2.24) is 10.6 Å². The monoisotopic (exact) mass is 448 g/mol. The Hall–Kier alpha value is -3.61. The molecule has 172 valence electrons. The maximum Gasteiger partial charge on any atom is 0.407 e. The van der Waals surface area contributed by atoms with Crippen molar-refractivity contribution in [2.45, 2.75) is 38.1 Å². The summed E-state index contributed by atoms with van der Waals surface area (Å²) >= 11 is 0. The highest BCUT2D eigenvalue weighted by molar-refractivity contribution is 5.87. The fourth-order valence-electron chi connectivity index (χ4n) is 4.22. The molecule has 7 heteroatoms. The van der Waals surface area contributed by atoms with E-state index in [0.29, 0.717) is 12.3 Å². The molecule has 0 aromatic heterocycles. The van der Waals surface area contributed by atoms with Gasteiger partial charge in [-0.2, -0.15) is 0 Å². The van der Waals surface area contributed by atoms with E-state index in [1.165, 1.54) is 13.0 Å². The van der Waals surface area contributed by atoms with Crippen molar-refractivity contribution in [2.24, 2.45) is 5.92 Å². The van der Waals surface area contributed by atoms with Gasteiger partial charge < -0.3 is 20.5 Å². The Kier molecular flexibility index (Phi) is 6.77. The number of carboxylic acids is 1. The summed E-state index contributed by atoms with van der Waals surface area (Å²) in [5.74, 6) is -1.02. The number of carbonyl (C=O) groups is 3. The smallest absolute Gasteiger partial charge is 0.407 e. The lowest BCUT2D eigenvalue weighted by atomic mass is 9.98. The Morgan fingerprint density at radius 3 is 2.24 bits per heavy atom. The topological polar surface area (TPSA) is 105 Å². The number of benzene rings is 2. The number of ether oxygens (including phenoxy) is 1. The van der Waals surface area contributed by atoms with Crippen LogP contribution in [0.5, 0.6) is 0 Å². The number of fused-ring (bicyclic) bond motifs is 3. The van der Waals surface area contributed by atoms with E-state index in [4.69, 9.17) is 9.84 Å². The van der Waals surface area contributed by atoms with E-state index in [0.717, 1.165) is 35.1 Å². The third kappa shape index (κ3) is 5.42. The number of amides is 2. The van der Waals surface area contributed by atoms with Crippen LogP contribution in [0.3, 0.4) is 0 Å². The molecule has 1 fully saturated rings. The van der Waals surface area contributed by atoms with Crippen molar-refractivity contribution in [2.75, 3.05) is 13.2 Å². The molecule has 2 amide bonds. The van der Waals surface area contributed by atoms with Crippen molar-refractivity contribution in [3.8, 4) is 11.1 Å². The number of nitrogens with one attached hydrogen (secondary N) is 2. The normalized spacial score (nSPS) is 15.8. The van der Waals surface area contributed by atoms with Crippen LogP contribution in [-0.2, 0) is 14.3 Å². The Bertz CT molecular complexity index is 1040. The SMILES string of the molecule is C/C(=C\CNC(=O)[C@H](CC1CC1)NC(=O)OCC1c2ccccc2-c2ccccc21)C(=O)O. The minimum atomic E-state index is -1.03. The van der Waals surface area contributed by atoms with Gasteiger partial charge in [0.05, 0.1) is 0 Å². The summed E-state index contributed by atoms with van der Waals surface area (Å²) in [6.45, 7) is 1.73. The molecular formula is C26H28N2O5. The highest BCUT2D eigenvalue weighted by atomic mass is 16.5. The van der Waals surface area contributed by atoms with E-state index < -0.39 is 18.1 Å². The van der Waals surface area contributed by atoms with Crippen LogP contribution < -0.4 is 10.6 Å². The molecule has 0 saturated heterocycles. The van der Waals surface area contributed by atoms with E-state index >= 15 is 0 Å². The van der Waals surface area contributed by atoms with Gasteiger partial charge in [-0.3, -0.25) is 4.79 Å². The molecule has 0 spiro atoms. The number of alkyl carbamates (subject to hydrolysis) is 1. The van der Waals surface area contributed by atoms with Crippen molar-refractivity contribution in [1.29, 1.82) is 0 Å². The van der Waals surface area contributed by atoms with Crippen molar-refractivity contribution >= 4 is 18.0 Å². The second-order valence-electron chi connectivity index (χ2n) is 8.64. The Balaban J connectivity index is 1.37. The van der Waals surface area contributed by atoms with E-state index in [9.17, 15) is 14.4 Å². The Labute approximate surface area is 192 Å². The zero-order chi connectivity index (χ0) is 23.4. The predicted molar refractivity (Wildman–Crippen MR) is 124 cm³/mol. The Morgan fingerprint density at radius 2 is 1.67 bits per heavy atom. The van der Waals surface area contributed by atoms with E-state index in [-0.39, 0.29) is 30.5 Å². The van der Waals surface area contributed by atoms with Crippen molar-refractivity contribution < 1.29 is 24.2 Å². The molecule has 0 heterocycles. The van der Waals surface area contributed by atoms with Crippen LogP contribution in [0.15, 0.2) is 60.2 Å². The standard InChI is InChI=1S/C26H28N2O5/c1-16(25(30)31)12-13-27-24(29)23(14-17-10-11-17)28-26(32)33-15-22-20-8-4-2-6-18(20)19-7-3-5-9-21(19)22/h2-9,12,17,22-23H,10-11,13-15H2,1H3,(H,27,29)(H,28,32)(H,30,31)/b16-12+/t23-/m0/s1. The molecule has 2 aromatic carbocycles. The second-order valence-corrected chi connectivity index (χ2v) is 8.64. The summed E-state index contributed by atoms with van der Waals surface area (Å²) in [7, 11) is 0. The van der Waals surface area contributed by atoms with Crippen LogP contribution in [0.1, 0.15) is 43.2 Å². The minimum Gasteiger partial charge on any atom is -0.478 e. The molecule has 3 N–H and O–H groups in total. The maximum absolute atomic E-state index is 12.6. The highest BCUT2D eigenvalue weighted by Gasteiger charge is 2.32. The van der Waals surface area contributed by atoms with E-state index in [1.807, 2.05) is 24.3 Å². The maximum atomic E-state index is 12.6. The first-order chi connectivity index (χ1) is 15.9. The molecule has 33 heavy (non-hydrogen) atoms. The molecule has 1 saturated carbocycles. The molecule has 4 rings (SSSR count). The number of rotatable bonds is 9. The first-order valence-corrected chi connectivity index (χ1v) is 11.2. The third-order valence-corrected chi connectivity index (χ3v) is 6.24. The van der Waals surface area contributed by atoms with Crippen LogP contribution in [0, 0.1) is 5.92 Å². The van der Waals surface area contributed by atoms with Gasteiger partial charge in [-0.25, -0.2) is 9.59 Å². The van der Waals surface area contributed by atoms with Crippen LogP contribution in [0.2, 0.25) is 0 Å². The van der Waals surface area contributed by atoms with Gasteiger partial charge in [0.15, 0.2) is 0 Å². The van der Waals surface area contributed by atoms with Crippen molar-refractivity contribution in [3.63, 3.8) is 0 Å². The zero-order valence-electron chi connectivity index (χ0n) is 18.5. The van der Waals surface area contributed by atoms with Gasteiger partial charge in [-0.15, -0.1) is 0 Å². The number of carbonyl (C=O) groups excluding carboxylic acids is 2. The molecular weight excluding hydrogens is 420 g/mol. The van der Waals surface area contributed by atoms with Gasteiger partial charge in [0.1, 0.15) is 12.6 Å². The van der Waals surface area contributed by atoms with Gasteiger partial charge in [-0.1, -0.05) is 67.4 Å². The average Bonchev–Trinajstić information content (AvgIpc) is 3.57. The first-order valence-electron chi connectivity index (χ1n) is 11.2. The molecule has 0 bridgehead atoms. The van der Waals surface area contributed by atoms with Crippen LogP contribution in [-0.4, -0.2) is 42.3 Å². The minimum absolute atomic E-state index is 0.0528. The largest absolute Gasteiger partial charge is 0.478 e. The van der Waals surface area contributed by atoms with Gasteiger partial charge in [0, 0.05) is 18.0 Å². The number of carboxylic acid groups (broad SMARTS) is 1. The molecule has 0 aliphatic heterocycles. The quantitative estimate of drug-likeness (QED) is 0.506. The average molecular weight is 449 g/mol. The predicted octanol–water partition coefficient (Wildman–Crippen LogP) is 3.84. The zero-order valence-corrected chi connectivity index (χ0v) is 18.5. The van der Waals surface area contributed by atoms with Gasteiger partial charge in [0.2, 0.25) is 5.91 Å². The number of hydrogen-bond acceptors (Lipinski definition) is 4. The Morgan fingerprint density at radius 1 is 1.06 bits per heavy atom. The van der Waals surface area contributed by atoms with Gasteiger partial charge >= 0.3 is 12.1 Å². The lowest BCUT2D eigenvalue weighted by Gasteiger charge is -2.19. The molecule has 1 atom stereocenters. The highest BCUT2D eigenvalue weighted by Crippen LogP contribution is 2.44. The molecule has 2 aliphatic rings. The fraction of sp³-hybridized carbons (Fsp3) is 0.346. The summed E-state index contributed by atoms with van der Waals surface area (Å²) < 4.78 is 5.58. The van der Waals surface area contributed by atoms with Crippen LogP contribution in [0.25, 0.3) is 11.1 Å². The molecule has 0 unspecified atom stereocenters. The first kappa shape index (κ1) is 22.6. The summed E-state index contributed by atoms with van der Waals surface area (Å²) in [4.78, 5) is 36.1. The lowest BCUT2D eigenvalue weighted by Crippen LogP contribution is -2.47. The molecule has 7 nitrogen and oxygen atoms in total. The summed E-state index contributed by atoms with van der Waals surface area (Å²) in [5, 5.41) is 14.3. The van der Waals surface area contributed by atoms with Crippen LogP contribution >= 0.6 is 0 Å². The summed E-state index contributed by atoms with van der Waals surface area (Å²) in [6.07, 6.45) is 3.41. The molecule has 0 radical (unpaired) electrons. The van der Waals surface area contributed by atoms with E-state index in [2.05, 4.69) is 34.9 Å². The lowest BCUT2D eigenvalue weighted by molar-refractivity contribution is -0.132. The molecule has 2 aliphatic carbocycles. The second kappa shape index (κ2) is 9.90. The van der Waals surface area contributed by atoms with Gasteiger partial charge in [0.25, 0.3) is 0 Å². The van der Waals surface area contributed by atoms with E-state index in [1.54, 1.807) is 0 Å². The van der Waals surface area contributed by atoms with Crippen molar-refractivity contribution in [3.05, 3.63) is 71.3 Å². The summed E-state index contributed by atoms with van der Waals surface area (Å²) in [6, 6.07) is 15.5. The number of aliphatic carboxylic acids is 1. The molecule has 2 aromatic rings. The van der Waals surface area contributed by atoms with Gasteiger partial charge in [-0.05, 0) is 41.5 Å². The third-order valence-electron chi connectivity index (χ3n) is 6.24. The number of hydrogen-bond donors (Lipinski definition) is 3. The van der Waals surface area contributed by atoms with Crippen LogP contribution in [0.4, 0.5) is 4.79 Å².